The van der Waals surface area contributed by atoms with Gasteiger partial charge >= 0.3 is 0 Å². The summed E-state index contributed by atoms with van der Waals surface area (Å²) in [5.41, 5.74) is 2.57. The Hall–Kier alpha value is -1.38. The zero-order valence-electron chi connectivity index (χ0n) is 8.46. The van der Waals surface area contributed by atoms with Gasteiger partial charge in [0.25, 0.3) is 0 Å². The monoisotopic (exact) mass is 178 g/mol. The highest BCUT2D eigenvalue weighted by Crippen LogP contribution is 2.15. The second-order valence-corrected chi connectivity index (χ2v) is 2.49. The highest BCUT2D eigenvalue weighted by atomic mass is 16.3. The van der Waals surface area contributed by atoms with E-state index < -0.39 is 0 Å². The third kappa shape index (κ3) is 1.86. The molecule has 0 N–H and O–H groups in total. The van der Waals surface area contributed by atoms with Gasteiger partial charge in [-0.2, -0.15) is 0 Å². The molecule has 0 unspecified atom stereocenters. The van der Waals surface area contributed by atoms with Crippen molar-refractivity contribution in [1.29, 1.82) is 0 Å². The van der Waals surface area contributed by atoms with Gasteiger partial charge in [-0.25, -0.2) is 9.97 Å². The van der Waals surface area contributed by atoms with E-state index in [-0.39, 0.29) is 0 Å². The zero-order chi connectivity index (χ0) is 9.84. The van der Waals surface area contributed by atoms with Crippen molar-refractivity contribution in [3.8, 4) is 0 Å². The molecule has 3 nitrogen and oxygen atoms in total. The molecule has 0 saturated carbocycles. The summed E-state index contributed by atoms with van der Waals surface area (Å²) in [6.07, 6.45) is 1.63. The summed E-state index contributed by atoms with van der Waals surface area (Å²) in [5.74, 6) is 0.788. The number of rotatable bonds is 0. The Kier molecular flexibility index (Phi) is 3.01. The fraction of sp³-hybridized carbons (Fsp3) is 0.400. The Morgan fingerprint density at radius 1 is 1.15 bits per heavy atom. The van der Waals surface area contributed by atoms with E-state index in [4.69, 9.17) is 4.42 Å². The Balaban J connectivity index is 0.000000396. The molecular weight excluding hydrogens is 164 g/mol. The van der Waals surface area contributed by atoms with E-state index >= 15 is 0 Å². The van der Waals surface area contributed by atoms with E-state index in [1.54, 1.807) is 6.26 Å². The van der Waals surface area contributed by atoms with E-state index in [1.165, 1.54) is 0 Å². The van der Waals surface area contributed by atoms with Crippen molar-refractivity contribution >= 4 is 11.1 Å². The van der Waals surface area contributed by atoms with Crippen molar-refractivity contribution < 1.29 is 4.42 Å². The normalized spacial score (nSPS) is 9.54. The van der Waals surface area contributed by atoms with Gasteiger partial charge in [-0.05, 0) is 13.8 Å². The molecule has 0 radical (unpaired) electrons. The molecule has 0 saturated heterocycles. The molecule has 13 heavy (non-hydrogen) atoms. The lowest BCUT2D eigenvalue weighted by Crippen LogP contribution is -1.89. The molecule has 0 aliphatic carbocycles. The maximum atomic E-state index is 5.18. The average molecular weight is 178 g/mol. The minimum atomic E-state index is 0.788. The lowest BCUT2D eigenvalue weighted by molar-refractivity contribution is 0.609. The summed E-state index contributed by atoms with van der Waals surface area (Å²) in [6, 6.07) is 1.84. The fourth-order valence-electron chi connectivity index (χ4n) is 1.15. The van der Waals surface area contributed by atoms with Crippen molar-refractivity contribution in [3.63, 3.8) is 0 Å². The van der Waals surface area contributed by atoms with Crippen LogP contribution in [-0.2, 0) is 0 Å². The molecule has 0 aromatic carbocycles. The number of aromatic nitrogens is 2. The first-order valence-corrected chi connectivity index (χ1v) is 4.46. The van der Waals surface area contributed by atoms with Crippen LogP contribution in [0.25, 0.3) is 11.1 Å². The predicted molar refractivity (Wildman–Crippen MR) is 52.6 cm³/mol. The quantitative estimate of drug-likeness (QED) is 0.622. The number of nitrogens with zero attached hydrogens (tertiary/aromatic N) is 2. The molecule has 2 aromatic rings. The molecular formula is C10H14N2O. The van der Waals surface area contributed by atoms with E-state index in [0.717, 1.165) is 22.6 Å². The largest absolute Gasteiger partial charge is 0.461 e. The van der Waals surface area contributed by atoms with Crippen LogP contribution in [0.3, 0.4) is 0 Å². The molecule has 0 aliphatic heterocycles. The highest BCUT2D eigenvalue weighted by molar-refractivity contribution is 5.74. The second kappa shape index (κ2) is 4.03. The van der Waals surface area contributed by atoms with Crippen LogP contribution < -0.4 is 0 Å². The van der Waals surface area contributed by atoms with Crippen LogP contribution in [0.1, 0.15) is 25.4 Å². The molecule has 2 aromatic heterocycles. The van der Waals surface area contributed by atoms with E-state index in [1.807, 2.05) is 33.8 Å². The molecule has 0 bridgehead atoms. The summed E-state index contributed by atoms with van der Waals surface area (Å²) in [6.45, 7) is 7.79. The third-order valence-corrected chi connectivity index (χ3v) is 1.58. The summed E-state index contributed by atoms with van der Waals surface area (Å²) in [4.78, 5) is 8.36. The van der Waals surface area contributed by atoms with Crippen LogP contribution in [0.4, 0.5) is 0 Å². The number of fused-ring (bicyclic) bond motifs is 1. The maximum absolute atomic E-state index is 5.18. The summed E-state index contributed by atoms with van der Waals surface area (Å²) in [5, 5.41) is 0. The first-order valence-electron chi connectivity index (χ1n) is 4.46. The Morgan fingerprint density at radius 2 is 1.85 bits per heavy atom. The lowest BCUT2D eigenvalue weighted by atomic mass is 10.3. The van der Waals surface area contributed by atoms with E-state index in [0.29, 0.717) is 0 Å². The van der Waals surface area contributed by atoms with Crippen LogP contribution in [0, 0.1) is 13.8 Å². The summed E-state index contributed by atoms with van der Waals surface area (Å²) < 4.78 is 5.18. The topological polar surface area (TPSA) is 38.9 Å². The minimum Gasteiger partial charge on any atom is -0.461 e. The van der Waals surface area contributed by atoms with Gasteiger partial charge in [0.2, 0.25) is 0 Å². The van der Waals surface area contributed by atoms with Gasteiger partial charge in [-0.1, -0.05) is 13.8 Å². The van der Waals surface area contributed by atoms with Crippen molar-refractivity contribution in [2.24, 2.45) is 0 Å². The standard InChI is InChI=1S/C8H8N2O.C2H6/c1-5-8-7(3-4-11-8)10-6(2)9-5;1-2/h3-4H,1-2H3;1-2H3. The highest BCUT2D eigenvalue weighted by Gasteiger charge is 2.02. The van der Waals surface area contributed by atoms with Gasteiger partial charge in [-0.15, -0.1) is 0 Å². The van der Waals surface area contributed by atoms with Gasteiger partial charge in [0, 0.05) is 6.07 Å². The van der Waals surface area contributed by atoms with Gasteiger partial charge in [0.1, 0.15) is 11.3 Å². The number of hydrogen-bond donors (Lipinski definition) is 0. The maximum Gasteiger partial charge on any atom is 0.173 e. The van der Waals surface area contributed by atoms with Crippen LogP contribution in [-0.4, -0.2) is 9.97 Å². The second-order valence-electron chi connectivity index (χ2n) is 2.49. The van der Waals surface area contributed by atoms with Gasteiger partial charge < -0.3 is 4.42 Å². The number of aryl methyl sites for hydroxylation is 2. The molecule has 0 atom stereocenters. The van der Waals surface area contributed by atoms with Crippen LogP contribution >= 0.6 is 0 Å². The predicted octanol–water partition coefficient (Wildman–Crippen LogP) is 2.87. The molecule has 0 aliphatic rings. The molecule has 70 valence electrons. The smallest absolute Gasteiger partial charge is 0.173 e. The fourth-order valence-corrected chi connectivity index (χ4v) is 1.15. The van der Waals surface area contributed by atoms with E-state index in [2.05, 4.69) is 9.97 Å². The van der Waals surface area contributed by atoms with Crippen molar-refractivity contribution in [2.75, 3.05) is 0 Å². The van der Waals surface area contributed by atoms with Crippen LogP contribution in [0.5, 0.6) is 0 Å². The summed E-state index contributed by atoms with van der Waals surface area (Å²) in [7, 11) is 0. The van der Waals surface area contributed by atoms with Gasteiger partial charge in [-0.3, -0.25) is 0 Å². The van der Waals surface area contributed by atoms with Crippen molar-refractivity contribution in [3.05, 3.63) is 23.8 Å². The summed E-state index contributed by atoms with van der Waals surface area (Å²) >= 11 is 0. The molecule has 0 fully saturated rings. The zero-order valence-corrected chi connectivity index (χ0v) is 8.46. The molecule has 2 rings (SSSR count). The van der Waals surface area contributed by atoms with Crippen molar-refractivity contribution in [1.82, 2.24) is 9.97 Å². The average Bonchev–Trinajstić information content (AvgIpc) is 2.55. The Bertz CT molecular complexity index is 393. The Labute approximate surface area is 77.8 Å². The first-order chi connectivity index (χ1) is 6.27. The molecule has 0 spiro atoms. The van der Waals surface area contributed by atoms with E-state index in [9.17, 15) is 0 Å². The van der Waals surface area contributed by atoms with Crippen LogP contribution in [0.15, 0.2) is 16.7 Å². The number of hydrogen-bond acceptors (Lipinski definition) is 3. The molecule has 0 amide bonds. The first kappa shape index (κ1) is 9.71. The third-order valence-electron chi connectivity index (χ3n) is 1.58. The SMILES string of the molecule is CC.Cc1nc(C)c2occc2n1. The van der Waals surface area contributed by atoms with Gasteiger partial charge in [0.15, 0.2) is 5.58 Å². The lowest BCUT2D eigenvalue weighted by Gasteiger charge is -1.94. The number of furan rings is 1. The minimum absolute atomic E-state index is 0.788. The van der Waals surface area contributed by atoms with Crippen LogP contribution in [0.2, 0.25) is 0 Å². The molecule has 3 heteroatoms. The Morgan fingerprint density at radius 3 is 2.54 bits per heavy atom. The van der Waals surface area contributed by atoms with Gasteiger partial charge in [0.05, 0.1) is 12.0 Å². The molecule has 2 heterocycles. The van der Waals surface area contributed by atoms with Crippen molar-refractivity contribution in [2.45, 2.75) is 27.7 Å².